The molecule has 0 heterocycles. The predicted octanol–water partition coefficient (Wildman–Crippen LogP) is 3.13. The number of ether oxygens (including phenoxy) is 3. The van der Waals surface area contributed by atoms with E-state index in [4.69, 9.17) is 19.6 Å². The Morgan fingerprint density at radius 3 is 2.30 bits per heavy atom. The van der Waals surface area contributed by atoms with Crippen molar-refractivity contribution >= 4 is 21.8 Å². The van der Waals surface area contributed by atoms with Crippen molar-refractivity contribution in [2.24, 2.45) is 0 Å². The fourth-order valence-electron chi connectivity index (χ4n) is 2.32. The fourth-order valence-corrected chi connectivity index (χ4v) is 2.95. The van der Waals surface area contributed by atoms with Crippen LogP contribution in [0.2, 0.25) is 0 Å². The Morgan fingerprint density at radius 1 is 1.11 bits per heavy atom. The van der Waals surface area contributed by atoms with E-state index in [9.17, 15) is 13.2 Å². The zero-order valence-corrected chi connectivity index (χ0v) is 16.1. The van der Waals surface area contributed by atoms with Gasteiger partial charge in [-0.2, -0.15) is 0 Å². The molecule has 0 aliphatic heterocycles. The van der Waals surface area contributed by atoms with Gasteiger partial charge in [-0.3, -0.25) is 4.79 Å². The van der Waals surface area contributed by atoms with Crippen molar-refractivity contribution in [2.45, 2.75) is 17.9 Å². The highest BCUT2D eigenvalue weighted by Gasteiger charge is 2.12. The number of hydrogen-bond acceptors (Lipinski definition) is 7. The van der Waals surface area contributed by atoms with Crippen LogP contribution in [0.25, 0.3) is 0 Å². The predicted molar refractivity (Wildman–Crippen MR) is 101 cm³/mol. The van der Waals surface area contributed by atoms with E-state index in [0.29, 0.717) is 30.1 Å². The van der Waals surface area contributed by atoms with Gasteiger partial charge in [0.1, 0.15) is 23.4 Å². The summed E-state index contributed by atoms with van der Waals surface area (Å²) in [6.45, 7) is 2.19. The summed E-state index contributed by atoms with van der Waals surface area (Å²) in [4.78, 5) is 12.1. The minimum atomic E-state index is -3.30. The molecule has 0 unspecified atom stereocenters. The van der Waals surface area contributed by atoms with Crippen LogP contribution >= 0.6 is 0 Å². The van der Waals surface area contributed by atoms with E-state index >= 15 is 0 Å². The van der Waals surface area contributed by atoms with Gasteiger partial charge in [0.15, 0.2) is 9.84 Å². The molecule has 2 aromatic carbocycles. The largest absolute Gasteiger partial charge is 0.488 e. The first-order chi connectivity index (χ1) is 12.7. The SMILES string of the molecule is COC[C@H](C)Oc1cc(Oc2ccc(S(C)(=O)=O)cc2)cc(C(=O)C=N)c1. The summed E-state index contributed by atoms with van der Waals surface area (Å²) in [7, 11) is -1.74. The molecule has 0 saturated heterocycles. The summed E-state index contributed by atoms with van der Waals surface area (Å²) in [6, 6.07) is 10.6. The second kappa shape index (κ2) is 8.79. The molecule has 8 heteroatoms. The smallest absolute Gasteiger partial charge is 0.203 e. The topological polar surface area (TPSA) is 103 Å². The molecule has 7 nitrogen and oxygen atoms in total. The highest BCUT2D eigenvalue weighted by molar-refractivity contribution is 7.90. The molecule has 1 atom stereocenters. The van der Waals surface area contributed by atoms with Crippen LogP contribution in [0.5, 0.6) is 17.2 Å². The average Bonchev–Trinajstić information content (AvgIpc) is 2.60. The highest BCUT2D eigenvalue weighted by atomic mass is 32.2. The Bertz CT molecular complexity index is 922. The van der Waals surface area contributed by atoms with Gasteiger partial charge in [0.2, 0.25) is 5.78 Å². The van der Waals surface area contributed by atoms with Gasteiger partial charge in [-0.15, -0.1) is 0 Å². The molecule has 0 radical (unpaired) electrons. The van der Waals surface area contributed by atoms with Crippen LogP contribution in [0.15, 0.2) is 47.4 Å². The van der Waals surface area contributed by atoms with E-state index in [1.54, 1.807) is 13.2 Å². The number of carbonyl (C=O) groups excluding carboxylic acids is 1. The van der Waals surface area contributed by atoms with Gasteiger partial charge in [0.25, 0.3) is 0 Å². The zero-order chi connectivity index (χ0) is 20.0. The van der Waals surface area contributed by atoms with Crippen molar-refractivity contribution < 1.29 is 27.4 Å². The van der Waals surface area contributed by atoms with Gasteiger partial charge < -0.3 is 19.6 Å². The first kappa shape index (κ1) is 20.6. The maximum absolute atomic E-state index is 11.9. The third-order valence-electron chi connectivity index (χ3n) is 3.52. The van der Waals surface area contributed by atoms with Gasteiger partial charge in [-0.25, -0.2) is 8.42 Å². The summed E-state index contributed by atoms with van der Waals surface area (Å²) in [5, 5.41) is 7.16. The lowest BCUT2D eigenvalue weighted by atomic mass is 10.1. The molecule has 2 aromatic rings. The maximum atomic E-state index is 11.9. The van der Waals surface area contributed by atoms with Crippen LogP contribution in [0.1, 0.15) is 17.3 Å². The molecular formula is C19H21NO6S. The molecule has 144 valence electrons. The Morgan fingerprint density at radius 2 is 1.74 bits per heavy atom. The van der Waals surface area contributed by atoms with Crippen LogP contribution in [0.4, 0.5) is 0 Å². The minimum Gasteiger partial charge on any atom is -0.488 e. The lowest BCUT2D eigenvalue weighted by Gasteiger charge is -2.16. The number of hydrogen-bond donors (Lipinski definition) is 1. The molecule has 0 aliphatic carbocycles. The maximum Gasteiger partial charge on any atom is 0.203 e. The molecule has 0 aromatic heterocycles. The summed E-state index contributed by atoms with van der Waals surface area (Å²) in [5.41, 5.74) is 0.245. The molecule has 0 amide bonds. The van der Waals surface area contributed by atoms with Gasteiger partial charge in [0, 0.05) is 25.0 Å². The molecule has 0 fully saturated rings. The number of ketones is 1. The van der Waals surface area contributed by atoms with Crippen LogP contribution in [-0.2, 0) is 14.6 Å². The molecule has 0 spiro atoms. The number of benzene rings is 2. The number of rotatable bonds is 9. The van der Waals surface area contributed by atoms with Crippen molar-refractivity contribution in [2.75, 3.05) is 20.0 Å². The number of Topliss-reactive ketones (excluding diaryl/α,β-unsaturated/α-hetero) is 1. The average molecular weight is 391 g/mol. The molecular weight excluding hydrogens is 370 g/mol. The summed E-state index contributed by atoms with van der Waals surface area (Å²) >= 11 is 0. The summed E-state index contributed by atoms with van der Waals surface area (Å²) in [5.74, 6) is 0.638. The zero-order valence-electron chi connectivity index (χ0n) is 15.3. The van der Waals surface area contributed by atoms with Crippen LogP contribution < -0.4 is 9.47 Å². The van der Waals surface area contributed by atoms with E-state index in [1.807, 2.05) is 6.92 Å². The van der Waals surface area contributed by atoms with E-state index in [0.717, 1.165) is 6.26 Å². The highest BCUT2D eigenvalue weighted by Crippen LogP contribution is 2.29. The van der Waals surface area contributed by atoms with Crippen LogP contribution in [0, 0.1) is 5.41 Å². The Kier molecular flexibility index (Phi) is 6.70. The molecule has 2 rings (SSSR count). The molecule has 0 saturated carbocycles. The number of methoxy groups -OCH3 is 1. The van der Waals surface area contributed by atoms with Crippen molar-refractivity contribution in [1.82, 2.24) is 0 Å². The Labute approximate surface area is 158 Å². The van der Waals surface area contributed by atoms with Crippen LogP contribution in [-0.4, -0.2) is 46.5 Å². The van der Waals surface area contributed by atoms with Crippen molar-refractivity contribution in [3.63, 3.8) is 0 Å². The van der Waals surface area contributed by atoms with Crippen molar-refractivity contribution in [1.29, 1.82) is 5.41 Å². The third kappa shape index (κ3) is 5.90. The molecule has 27 heavy (non-hydrogen) atoms. The third-order valence-corrected chi connectivity index (χ3v) is 4.65. The first-order valence-electron chi connectivity index (χ1n) is 8.06. The van der Waals surface area contributed by atoms with E-state index in [-0.39, 0.29) is 16.6 Å². The second-order valence-electron chi connectivity index (χ2n) is 5.93. The van der Waals surface area contributed by atoms with Gasteiger partial charge >= 0.3 is 0 Å². The van der Waals surface area contributed by atoms with Crippen molar-refractivity contribution in [3.8, 4) is 17.2 Å². The van der Waals surface area contributed by atoms with Gasteiger partial charge in [-0.05, 0) is 43.3 Å². The Balaban J connectivity index is 2.31. The van der Waals surface area contributed by atoms with Crippen LogP contribution in [0.3, 0.4) is 0 Å². The number of nitrogens with one attached hydrogen (secondary N) is 1. The summed E-state index contributed by atoms with van der Waals surface area (Å²) < 4.78 is 39.5. The molecule has 0 bridgehead atoms. The van der Waals surface area contributed by atoms with E-state index < -0.39 is 15.6 Å². The number of carbonyl (C=O) groups is 1. The Hall–Kier alpha value is -2.71. The lowest BCUT2D eigenvalue weighted by Crippen LogP contribution is -2.18. The van der Waals surface area contributed by atoms with Gasteiger partial charge in [0.05, 0.1) is 17.7 Å². The lowest BCUT2D eigenvalue weighted by molar-refractivity contribution is 0.0917. The van der Waals surface area contributed by atoms with Gasteiger partial charge in [-0.1, -0.05) is 0 Å². The van der Waals surface area contributed by atoms with E-state index in [1.165, 1.54) is 36.4 Å². The molecule has 0 aliphatic rings. The second-order valence-corrected chi connectivity index (χ2v) is 7.95. The fraction of sp³-hybridized carbons (Fsp3) is 0.263. The summed E-state index contributed by atoms with van der Waals surface area (Å²) in [6.07, 6.45) is 1.59. The number of sulfone groups is 1. The quantitative estimate of drug-likeness (QED) is 0.520. The standard InChI is InChI=1S/C19H21NO6S/c1-13(12-24-2)25-16-8-14(19(21)11-20)9-17(10-16)26-15-4-6-18(7-5-15)27(3,22)23/h4-11,13,20H,12H2,1-3H3/t13-/m0/s1. The minimum absolute atomic E-state index is 0.181. The monoisotopic (exact) mass is 391 g/mol. The normalized spacial score (nSPS) is 12.3. The van der Waals surface area contributed by atoms with E-state index in [2.05, 4.69) is 0 Å². The van der Waals surface area contributed by atoms with Crippen molar-refractivity contribution in [3.05, 3.63) is 48.0 Å². The first-order valence-corrected chi connectivity index (χ1v) is 9.95. The molecule has 1 N–H and O–H groups in total.